The predicted molar refractivity (Wildman–Crippen MR) is 65.4 cm³/mol. The van der Waals surface area contributed by atoms with Crippen molar-refractivity contribution < 1.29 is 22.7 Å². The molecule has 7 heteroatoms. The first-order valence-corrected chi connectivity index (χ1v) is 6.94. The van der Waals surface area contributed by atoms with Crippen molar-refractivity contribution in [2.24, 2.45) is 0 Å². The van der Waals surface area contributed by atoms with Crippen molar-refractivity contribution in [3.63, 3.8) is 0 Å². The Kier molecular flexibility index (Phi) is 4.66. The van der Waals surface area contributed by atoms with Crippen LogP contribution in [0.1, 0.15) is 18.4 Å². The Morgan fingerprint density at radius 3 is 2.67 bits per heavy atom. The van der Waals surface area contributed by atoms with Gasteiger partial charge in [-0.15, -0.1) is 0 Å². The van der Waals surface area contributed by atoms with Crippen LogP contribution in [0.4, 0.5) is 10.1 Å². The van der Waals surface area contributed by atoms with Crippen molar-refractivity contribution in [2.75, 3.05) is 10.5 Å². The van der Waals surface area contributed by atoms with E-state index in [1.807, 2.05) is 0 Å². The number of carbonyl (C=O) groups is 1. The fourth-order valence-electron chi connectivity index (χ4n) is 1.35. The van der Waals surface area contributed by atoms with Crippen LogP contribution in [-0.4, -0.2) is 25.2 Å². The minimum Gasteiger partial charge on any atom is -0.481 e. The van der Waals surface area contributed by atoms with Crippen molar-refractivity contribution in [1.29, 1.82) is 0 Å². The summed E-state index contributed by atoms with van der Waals surface area (Å²) in [7, 11) is -3.60. The number of aliphatic carboxylic acids is 1. The molecular formula is C11H14FNO4S. The van der Waals surface area contributed by atoms with Gasteiger partial charge in [0.1, 0.15) is 5.82 Å². The van der Waals surface area contributed by atoms with E-state index in [1.165, 1.54) is 25.1 Å². The largest absolute Gasteiger partial charge is 0.481 e. The number of carboxylic acids is 1. The van der Waals surface area contributed by atoms with E-state index in [0.717, 1.165) is 0 Å². The number of anilines is 1. The second-order valence-corrected chi connectivity index (χ2v) is 5.72. The summed E-state index contributed by atoms with van der Waals surface area (Å²) < 4.78 is 38.4. The van der Waals surface area contributed by atoms with Crippen LogP contribution < -0.4 is 4.72 Å². The summed E-state index contributed by atoms with van der Waals surface area (Å²) in [5.74, 6) is -1.73. The van der Waals surface area contributed by atoms with E-state index >= 15 is 0 Å². The van der Waals surface area contributed by atoms with Crippen LogP contribution in [0.3, 0.4) is 0 Å². The number of sulfonamides is 1. The van der Waals surface area contributed by atoms with Crippen LogP contribution in [0.5, 0.6) is 0 Å². The summed E-state index contributed by atoms with van der Waals surface area (Å²) in [4.78, 5) is 10.3. The molecule has 0 aromatic heterocycles. The van der Waals surface area contributed by atoms with Gasteiger partial charge in [0.05, 0.1) is 5.75 Å². The SMILES string of the molecule is Cc1cc(NS(=O)(=O)CCCC(=O)O)ccc1F. The minimum absolute atomic E-state index is 0.0326. The van der Waals surface area contributed by atoms with Crippen molar-refractivity contribution in [1.82, 2.24) is 0 Å². The molecule has 0 aliphatic rings. The molecule has 0 saturated carbocycles. The predicted octanol–water partition coefficient (Wildman–Crippen LogP) is 1.74. The molecule has 0 saturated heterocycles. The van der Waals surface area contributed by atoms with Gasteiger partial charge in [-0.2, -0.15) is 0 Å². The summed E-state index contributed by atoms with van der Waals surface area (Å²) in [6.07, 6.45) is -0.172. The topological polar surface area (TPSA) is 83.5 Å². The van der Waals surface area contributed by atoms with E-state index in [9.17, 15) is 17.6 Å². The highest BCUT2D eigenvalue weighted by molar-refractivity contribution is 7.92. The first-order chi connectivity index (χ1) is 8.30. The Labute approximate surface area is 105 Å². The number of halogens is 1. The normalized spacial score (nSPS) is 11.2. The van der Waals surface area contributed by atoms with Gasteiger partial charge < -0.3 is 5.11 Å². The zero-order valence-electron chi connectivity index (χ0n) is 9.81. The fraction of sp³-hybridized carbons (Fsp3) is 0.364. The molecule has 1 rings (SSSR count). The minimum atomic E-state index is -3.60. The fourth-order valence-corrected chi connectivity index (χ4v) is 2.46. The van der Waals surface area contributed by atoms with E-state index in [-0.39, 0.29) is 24.3 Å². The number of nitrogens with one attached hydrogen (secondary N) is 1. The molecule has 0 aliphatic heterocycles. The Bertz CT molecular complexity index is 542. The first-order valence-electron chi connectivity index (χ1n) is 5.28. The second-order valence-electron chi connectivity index (χ2n) is 3.88. The molecule has 18 heavy (non-hydrogen) atoms. The third-order valence-corrected chi connectivity index (χ3v) is 3.61. The Hall–Kier alpha value is -1.63. The van der Waals surface area contributed by atoms with Gasteiger partial charge in [0, 0.05) is 12.1 Å². The zero-order valence-corrected chi connectivity index (χ0v) is 10.6. The molecule has 0 bridgehead atoms. The number of aryl methyl sites for hydroxylation is 1. The van der Waals surface area contributed by atoms with Gasteiger partial charge in [-0.25, -0.2) is 12.8 Å². The molecule has 100 valence electrons. The highest BCUT2D eigenvalue weighted by atomic mass is 32.2. The monoisotopic (exact) mass is 275 g/mol. The highest BCUT2D eigenvalue weighted by Gasteiger charge is 2.12. The number of hydrogen-bond donors (Lipinski definition) is 2. The van der Waals surface area contributed by atoms with Gasteiger partial charge in [0.15, 0.2) is 0 Å². The number of hydrogen-bond acceptors (Lipinski definition) is 3. The van der Waals surface area contributed by atoms with Gasteiger partial charge in [0.25, 0.3) is 0 Å². The molecule has 0 heterocycles. The summed E-state index contributed by atoms with van der Waals surface area (Å²) in [6.45, 7) is 1.53. The Morgan fingerprint density at radius 2 is 2.11 bits per heavy atom. The number of carboxylic acid groups (broad SMARTS) is 1. The van der Waals surface area contributed by atoms with Gasteiger partial charge in [0.2, 0.25) is 10.0 Å². The average Bonchev–Trinajstić information content (AvgIpc) is 2.22. The quantitative estimate of drug-likeness (QED) is 0.828. The third kappa shape index (κ3) is 4.70. The van der Waals surface area contributed by atoms with Crippen LogP contribution >= 0.6 is 0 Å². The lowest BCUT2D eigenvalue weighted by atomic mass is 10.2. The number of rotatable bonds is 6. The molecule has 0 amide bonds. The lowest BCUT2D eigenvalue weighted by Gasteiger charge is -2.08. The highest BCUT2D eigenvalue weighted by Crippen LogP contribution is 2.15. The van der Waals surface area contributed by atoms with Crippen LogP contribution in [0.15, 0.2) is 18.2 Å². The molecule has 2 N–H and O–H groups in total. The van der Waals surface area contributed by atoms with E-state index < -0.39 is 21.8 Å². The summed E-state index contributed by atoms with van der Waals surface area (Å²) >= 11 is 0. The van der Waals surface area contributed by atoms with Crippen LogP contribution in [-0.2, 0) is 14.8 Å². The lowest BCUT2D eigenvalue weighted by molar-refractivity contribution is -0.137. The van der Waals surface area contributed by atoms with Gasteiger partial charge >= 0.3 is 5.97 Å². The van der Waals surface area contributed by atoms with Crippen molar-refractivity contribution in [3.8, 4) is 0 Å². The zero-order chi connectivity index (χ0) is 13.8. The number of benzene rings is 1. The molecule has 1 aromatic carbocycles. The molecule has 0 atom stereocenters. The average molecular weight is 275 g/mol. The van der Waals surface area contributed by atoms with Crippen molar-refractivity contribution in [2.45, 2.75) is 19.8 Å². The third-order valence-electron chi connectivity index (χ3n) is 2.24. The maximum Gasteiger partial charge on any atom is 0.303 e. The summed E-state index contributed by atoms with van der Waals surface area (Å²) in [5, 5.41) is 8.41. The van der Waals surface area contributed by atoms with E-state index in [2.05, 4.69) is 4.72 Å². The molecular weight excluding hydrogens is 261 g/mol. The second kappa shape index (κ2) is 5.81. The van der Waals surface area contributed by atoms with E-state index in [0.29, 0.717) is 5.56 Å². The van der Waals surface area contributed by atoms with E-state index in [1.54, 1.807) is 0 Å². The molecule has 1 aromatic rings. The van der Waals surface area contributed by atoms with Gasteiger partial charge in [-0.1, -0.05) is 0 Å². The van der Waals surface area contributed by atoms with Crippen LogP contribution in [0.2, 0.25) is 0 Å². The molecule has 0 aliphatic carbocycles. The first kappa shape index (κ1) is 14.4. The molecule has 0 radical (unpaired) electrons. The molecule has 5 nitrogen and oxygen atoms in total. The molecule has 0 spiro atoms. The van der Waals surface area contributed by atoms with Gasteiger partial charge in [-0.05, 0) is 37.1 Å². The summed E-state index contributed by atoms with van der Waals surface area (Å²) in [6, 6.07) is 3.87. The smallest absolute Gasteiger partial charge is 0.303 e. The van der Waals surface area contributed by atoms with Gasteiger partial charge in [-0.3, -0.25) is 9.52 Å². The maximum atomic E-state index is 13.0. The molecule has 0 unspecified atom stereocenters. The van der Waals surface area contributed by atoms with Crippen molar-refractivity contribution >= 4 is 21.7 Å². The summed E-state index contributed by atoms with van der Waals surface area (Å²) in [5.41, 5.74) is 0.602. The standard InChI is InChI=1S/C11H14FNO4S/c1-8-7-9(4-5-10(8)12)13-18(16,17)6-2-3-11(14)15/h4-5,7,13H,2-3,6H2,1H3,(H,14,15). The van der Waals surface area contributed by atoms with Crippen molar-refractivity contribution in [3.05, 3.63) is 29.6 Å². The van der Waals surface area contributed by atoms with Crippen LogP contribution in [0.25, 0.3) is 0 Å². The maximum absolute atomic E-state index is 13.0. The Morgan fingerprint density at radius 1 is 1.44 bits per heavy atom. The van der Waals surface area contributed by atoms with E-state index in [4.69, 9.17) is 5.11 Å². The van der Waals surface area contributed by atoms with Crippen LogP contribution in [0, 0.1) is 12.7 Å². The lowest BCUT2D eigenvalue weighted by Crippen LogP contribution is -2.17. The molecule has 0 fully saturated rings. The Balaban J connectivity index is 2.64.